The molecule has 1 fully saturated rings. The minimum Gasteiger partial charge on any atom is -0.361 e. The van der Waals surface area contributed by atoms with Gasteiger partial charge in [0.25, 0.3) is 0 Å². The number of halogens is 1. The molecule has 124 valence electrons. The summed E-state index contributed by atoms with van der Waals surface area (Å²) in [5.74, 6) is 0.800. The van der Waals surface area contributed by atoms with E-state index in [-0.39, 0.29) is 10.9 Å². The second-order valence-corrected chi connectivity index (χ2v) is 8.03. The third-order valence-corrected chi connectivity index (χ3v) is 6.16. The Morgan fingerprint density at radius 1 is 1.39 bits per heavy atom. The van der Waals surface area contributed by atoms with Crippen LogP contribution in [-0.2, 0) is 16.4 Å². The molecule has 5 nitrogen and oxygen atoms in total. The lowest BCUT2D eigenvalue weighted by molar-refractivity contribution is 0.343. The highest BCUT2D eigenvalue weighted by Crippen LogP contribution is 2.36. The molecule has 0 aliphatic carbocycles. The highest BCUT2D eigenvalue weighted by molar-refractivity contribution is 7.89. The number of rotatable bonds is 5. The molecule has 23 heavy (non-hydrogen) atoms. The van der Waals surface area contributed by atoms with Crippen molar-refractivity contribution in [3.8, 4) is 0 Å². The van der Waals surface area contributed by atoms with E-state index in [1.54, 1.807) is 18.2 Å². The Labute approximate surface area is 141 Å². The van der Waals surface area contributed by atoms with Gasteiger partial charge < -0.3 is 4.52 Å². The summed E-state index contributed by atoms with van der Waals surface area (Å²) in [5.41, 5.74) is 0.691. The summed E-state index contributed by atoms with van der Waals surface area (Å²) in [4.78, 5) is 0.217. The average Bonchev–Trinajstić information content (AvgIpc) is 3.16. The molecule has 0 bridgehead atoms. The maximum atomic E-state index is 12.9. The summed E-state index contributed by atoms with van der Waals surface area (Å²) in [6, 6.07) is 7.97. The second-order valence-electron chi connectivity index (χ2n) is 5.70. The fourth-order valence-electron chi connectivity index (χ4n) is 2.94. The van der Waals surface area contributed by atoms with E-state index in [1.807, 2.05) is 6.07 Å². The molecule has 0 spiro atoms. The van der Waals surface area contributed by atoms with E-state index in [4.69, 9.17) is 16.1 Å². The number of benzene rings is 1. The first-order valence-electron chi connectivity index (χ1n) is 7.75. The van der Waals surface area contributed by atoms with Gasteiger partial charge in [0.1, 0.15) is 11.5 Å². The van der Waals surface area contributed by atoms with Crippen molar-refractivity contribution in [1.82, 2.24) is 9.46 Å². The first-order chi connectivity index (χ1) is 11.0. The van der Waals surface area contributed by atoms with Crippen molar-refractivity contribution in [2.45, 2.75) is 43.5 Å². The topological polar surface area (TPSA) is 63.4 Å². The molecule has 0 N–H and O–H groups in total. The molecule has 1 unspecified atom stereocenters. The van der Waals surface area contributed by atoms with Crippen LogP contribution in [0.5, 0.6) is 0 Å². The van der Waals surface area contributed by atoms with Crippen LogP contribution in [0.1, 0.15) is 43.7 Å². The molecule has 1 saturated heterocycles. The molecule has 0 amide bonds. The standard InChI is InChI=1S/C16H19ClN2O3S/c1-2-5-13-11-15(18-22-13)16-8-4-9-19(16)23(20,21)14-7-3-6-12(17)10-14/h3,6-7,10-11,16H,2,4-5,8-9H2,1H3. The van der Waals surface area contributed by atoms with E-state index in [9.17, 15) is 8.42 Å². The molecule has 0 saturated carbocycles. The average molecular weight is 355 g/mol. The van der Waals surface area contributed by atoms with Gasteiger partial charge in [-0.05, 0) is 37.5 Å². The summed E-state index contributed by atoms with van der Waals surface area (Å²) >= 11 is 5.94. The molecule has 2 heterocycles. The zero-order valence-corrected chi connectivity index (χ0v) is 14.5. The Morgan fingerprint density at radius 3 is 2.96 bits per heavy atom. The van der Waals surface area contributed by atoms with Gasteiger partial charge in [0, 0.05) is 24.1 Å². The number of nitrogens with zero attached hydrogens (tertiary/aromatic N) is 2. The van der Waals surface area contributed by atoms with Crippen LogP contribution in [0.15, 0.2) is 39.8 Å². The Balaban J connectivity index is 1.91. The van der Waals surface area contributed by atoms with Crippen LogP contribution in [0.4, 0.5) is 0 Å². The van der Waals surface area contributed by atoms with E-state index >= 15 is 0 Å². The van der Waals surface area contributed by atoms with Crippen molar-refractivity contribution < 1.29 is 12.9 Å². The van der Waals surface area contributed by atoms with Crippen LogP contribution < -0.4 is 0 Å². The zero-order chi connectivity index (χ0) is 16.4. The van der Waals surface area contributed by atoms with Crippen LogP contribution in [0.3, 0.4) is 0 Å². The summed E-state index contributed by atoms with van der Waals surface area (Å²) < 4.78 is 32.6. The van der Waals surface area contributed by atoms with Gasteiger partial charge in [0.2, 0.25) is 10.0 Å². The fraction of sp³-hybridized carbons (Fsp3) is 0.438. The number of sulfonamides is 1. The maximum Gasteiger partial charge on any atom is 0.243 e. The quantitative estimate of drug-likeness (QED) is 0.819. The Kier molecular flexibility index (Phi) is 4.75. The van der Waals surface area contributed by atoms with Crippen LogP contribution in [-0.4, -0.2) is 24.4 Å². The number of aromatic nitrogens is 1. The largest absolute Gasteiger partial charge is 0.361 e. The van der Waals surface area contributed by atoms with Gasteiger partial charge in [-0.15, -0.1) is 0 Å². The van der Waals surface area contributed by atoms with E-state index < -0.39 is 10.0 Å². The first kappa shape index (κ1) is 16.5. The molecule has 1 aromatic heterocycles. The number of hydrogen-bond acceptors (Lipinski definition) is 4. The van der Waals surface area contributed by atoms with Crippen molar-refractivity contribution in [3.63, 3.8) is 0 Å². The minimum absolute atomic E-state index is 0.217. The fourth-order valence-corrected chi connectivity index (χ4v) is 4.91. The van der Waals surface area contributed by atoms with E-state index in [1.165, 1.54) is 10.4 Å². The predicted octanol–water partition coefficient (Wildman–Crippen LogP) is 3.81. The monoisotopic (exact) mass is 354 g/mol. The minimum atomic E-state index is -3.59. The second kappa shape index (κ2) is 6.63. The number of aryl methyl sites for hydroxylation is 1. The lowest BCUT2D eigenvalue weighted by atomic mass is 10.1. The van der Waals surface area contributed by atoms with Gasteiger partial charge in [-0.2, -0.15) is 4.31 Å². The predicted molar refractivity (Wildman–Crippen MR) is 87.8 cm³/mol. The molecule has 7 heteroatoms. The highest BCUT2D eigenvalue weighted by atomic mass is 35.5. The molecule has 1 aliphatic heterocycles. The Morgan fingerprint density at radius 2 is 2.22 bits per heavy atom. The van der Waals surface area contributed by atoms with Gasteiger partial charge in [-0.1, -0.05) is 29.7 Å². The summed E-state index contributed by atoms with van der Waals surface area (Å²) in [5, 5.41) is 4.50. The van der Waals surface area contributed by atoms with Crippen molar-refractivity contribution in [1.29, 1.82) is 0 Å². The third kappa shape index (κ3) is 3.29. The Hall–Kier alpha value is -1.37. The van der Waals surface area contributed by atoms with Crippen molar-refractivity contribution in [2.24, 2.45) is 0 Å². The SMILES string of the molecule is CCCc1cc(C2CCCN2S(=O)(=O)c2cccc(Cl)c2)no1. The molecule has 1 aromatic carbocycles. The molecule has 0 radical (unpaired) electrons. The first-order valence-corrected chi connectivity index (χ1v) is 9.57. The van der Waals surface area contributed by atoms with Crippen LogP contribution in [0, 0.1) is 0 Å². The van der Waals surface area contributed by atoms with E-state index in [2.05, 4.69) is 12.1 Å². The van der Waals surface area contributed by atoms with Gasteiger partial charge in [0.15, 0.2) is 0 Å². The molecular formula is C16H19ClN2O3S. The molecular weight excluding hydrogens is 336 g/mol. The van der Waals surface area contributed by atoms with Gasteiger partial charge in [-0.25, -0.2) is 8.42 Å². The van der Waals surface area contributed by atoms with Gasteiger partial charge in [-0.3, -0.25) is 0 Å². The van der Waals surface area contributed by atoms with Crippen molar-refractivity contribution in [2.75, 3.05) is 6.54 Å². The van der Waals surface area contributed by atoms with Crippen LogP contribution in [0.2, 0.25) is 5.02 Å². The normalized spacial score (nSPS) is 19.3. The third-order valence-electron chi connectivity index (χ3n) is 4.02. The van der Waals surface area contributed by atoms with Gasteiger partial charge >= 0.3 is 0 Å². The van der Waals surface area contributed by atoms with E-state index in [0.717, 1.165) is 31.4 Å². The van der Waals surface area contributed by atoms with Crippen LogP contribution >= 0.6 is 11.6 Å². The summed E-state index contributed by atoms with van der Waals surface area (Å²) in [6.45, 7) is 2.54. The summed E-state index contributed by atoms with van der Waals surface area (Å²) in [6.07, 6.45) is 3.32. The van der Waals surface area contributed by atoms with Crippen molar-refractivity contribution >= 4 is 21.6 Å². The smallest absolute Gasteiger partial charge is 0.243 e. The lowest BCUT2D eigenvalue weighted by Crippen LogP contribution is -2.30. The summed E-state index contributed by atoms with van der Waals surface area (Å²) in [7, 11) is -3.59. The zero-order valence-electron chi connectivity index (χ0n) is 12.9. The molecule has 1 aliphatic rings. The number of hydrogen-bond donors (Lipinski definition) is 0. The molecule has 3 rings (SSSR count). The van der Waals surface area contributed by atoms with E-state index in [0.29, 0.717) is 17.3 Å². The molecule has 2 aromatic rings. The maximum absolute atomic E-state index is 12.9. The van der Waals surface area contributed by atoms with Crippen molar-refractivity contribution in [3.05, 3.63) is 46.8 Å². The lowest BCUT2D eigenvalue weighted by Gasteiger charge is -2.22. The van der Waals surface area contributed by atoms with Crippen LogP contribution in [0.25, 0.3) is 0 Å². The Bertz CT molecular complexity index is 788. The molecule has 1 atom stereocenters. The highest BCUT2D eigenvalue weighted by Gasteiger charge is 2.37. The van der Waals surface area contributed by atoms with Gasteiger partial charge in [0.05, 0.1) is 10.9 Å².